The van der Waals surface area contributed by atoms with Gasteiger partial charge < -0.3 is 15.4 Å². The minimum Gasteiger partial charge on any atom is -0.444 e. The van der Waals surface area contributed by atoms with Gasteiger partial charge in [-0.05, 0) is 40.0 Å². The molecule has 0 aliphatic heterocycles. The molecule has 6 nitrogen and oxygen atoms in total. The number of amides is 1. The van der Waals surface area contributed by atoms with Crippen molar-refractivity contribution < 1.29 is 22.7 Å². The molecule has 1 aliphatic carbocycles. The number of anilines is 1. The van der Waals surface area contributed by atoms with Crippen LogP contribution >= 0.6 is 0 Å². The number of alkyl carbamates (subject to hydrolysis) is 1. The molecule has 9 heteroatoms. The first-order valence-electron chi connectivity index (χ1n) is 7.70. The number of aromatic nitrogens is 2. The van der Waals surface area contributed by atoms with Crippen LogP contribution in [0.4, 0.5) is 23.8 Å². The Kier molecular flexibility index (Phi) is 5.19. The molecule has 1 aliphatic rings. The Morgan fingerprint density at radius 3 is 2.38 bits per heavy atom. The zero-order valence-corrected chi connectivity index (χ0v) is 13.8. The van der Waals surface area contributed by atoms with Crippen molar-refractivity contribution in [3.8, 4) is 0 Å². The van der Waals surface area contributed by atoms with Crippen molar-refractivity contribution in [3.63, 3.8) is 0 Å². The summed E-state index contributed by atoms with van der Waals surface area (Å²) in [5, 5.41) is 5.82. The number of hydrogen-bond donors (Lipinski definition) is 2. The number of ether oxygens (including phenoxy) is 1. The van der Waals surface area contributed by atoms with Crippen molar-refractivity contribution >= 4 is 11.9 Å². The van der Waals surface area contributed by atoms with E-state index in [2.05, 4.69) is 20.6 Å². The van der Waals surface area contributed by atoms with Gasteiger partial charge in [0.15, 0.2) is 5.69 Å². The Morgan fingerprint density at radius 1 is 1.17 bits per heavy atom. The lowest BCUT2D eigenvalue weighted by atomic mass is 10.1. The van der Waals surface area contributed by atoms with Gasteiger partial charge in [-0.2, -0.15) is 13.2 Å². The van der Waals surface area contributed by atoms with Gasteiger partial charge in [0.1, 0.15) is 11.4 Å². The molecule has 1 fully saturated rings. The van der Waals surface area contributed by atoms with Gasteiger partial charge in [-0.3, -0.25) is 0 Å². The molecular weight excluding hydrogens is 325 g/mol. The third-order valence-corrected chi connectivity index (χ3v) is 3.49. The number of hydrogen-bond acceptors (Lipinski definition) is 5. The Morgan fingerprint density at radius 2 is 1.83 bits per heavy atom. The molecule has 0 unspecified atom stereocenters. The highest BCUT2D eigenvalue weighted by Crippen LogP contribution is 2.28. The van der Waals surface area contributed by atoms with Crippen molar-refractivity contribution in [2.75, 3.05) is 5.32 Å². The van der Waals surface area contributed by atoms with Gasteiger partial charge in [-0.1, -0.05) is 0 Å². The first kappa shape index (κ1) is 18.3. The topological polar surface area (TPSA) is 76.1 Å². The third kappa shape index (κ3) is 5.24. The second-order valence-electron chi connectivity index (χ2n) is 6.72. The first-order valence-corrected chi connectivity index (χ1v) is 7.70. The molecule has 1 aromatic heterocycles. The van der Waals surface area contributed by atoms with Gasteiger partial charge in [-0.25, -0.2) is 14.8 Å². The molecule has 1 amide bonds. The van der Waals surface area contributed by atoms with Crippen LogP contribution in [0, 0.1) is 0 Å². The molecule has 2 atom stereocenters. The summed E-state index contributed by atoms with van der Waals surface area (Å²) in [7, 11) is 0. The maximum atomic E-state index is 12.5. The minimum absolute atomic E-state index is 0.136. The first-order chi connectivity index (χ1) is 11.0. The molecular formula is C15H21F3N4O2. The van der Waals surface area contributed by atoms with Crippen LogP contribution in [0.25, 0.3) is 0 Å². The lowest BCUT2D eigenvalue weighted by molar-refractivity contribution is -0.141. The standard InChI is InChI=1S/C15H21F3N4O2/c1-14(2,3)24-13(23)22-10-6-4-5-9(10)21-12-8-19-11(7-20-12)15(16,17)18/h7-10H,4-6H2,1-3H3,(H,20,21)(H,22,23)/t9-,10-/m0/s1. The normalized spacial score (nSPS) is 21.4. The molecule has 1 aromatic rings. The van der Waals surface area contributed by atoms with Gasteiger partial charge in [0.25, 0.3) is 0 Å². The molecule has 134 valence electrons. The van der Waals surface area contributed by atoms with Crippen molar-refractivity contribution in [2.24, 2.45) is 0 Å². The maximum absolute atomic E-state index is 12.5. The van der Waals surface area contributed by atoms with Crippen molar-refractivity contribution in [3.05, 3.63) is 18.1 Å². The van der Waals surface area contributed by atoms with Crippen LogP contribution in [0.15, 0.2) is 12.4 Å². The van der Waals surface area contributed by atoms with Crippen LogP contribution in [0.1, 0.15) is 45.7 Å². The lowest BCUT2D eigenvalue weighted by Gasteiger charge is -2.25. The molecule has 2 N–H and O–H groups in total. The maximum Gasteiger partial charge on any atom is 0.434 e. The summed E-state index contributed by atoms with van der Waals surface area (Å²) < 4.78 is 42.7. The van der Waals surface area contributed by atoms with E-state index in [0.29, 0.717) is 6.20 Å². The van der Waals surface area contributed by atoms with E-state index in [0.717, 1.165) is 25.5 Å². The molecule has 2 rings (SSSR count). The number of alkyl halides is 3. The second-order valence-corrected chi connectivity index (χ2v) is 6.72. The number of nitrogens with zero attached hydrogens (tertiary/aromatic N) is 2. The zero-order valence-electron chi connectivity index (χ0n) is 13.8. The van der Waals surface area contributed by atoms with Crippen LogP contribution in [-0.4, -0.2) is 33.7 Å². The molecule has 1 saturated carbocycles. The van der Waals surface area contributed by atoms with Crippen LogP contribution in [0.5, 0.6) is 0 Å². The predicted octanol–water partition coefficient (Wildman–Crippen LogP) is 3.35. The van der Waals surface area contributed by atoms with E-state index in [-0.39, 0.29) is 17.9 Å². The lowest BCUT2D eigenvalue weighted by Crippen LogP contribution is -2.45. The second kappa shape index (κ2) is 6.82. The summed E-state index contributed by atoms with van der Waals surface area (Å²) in [5.41, 5.74) is -1.63. The summed E-state index contributed by atoms with van der Waals surface area (Å²) >= 11 is 0. The molecule has 1 heterocycles. The average Bonchev–Trinajstić information content (AvgIpc) is 2.83. The Bertz CT molecular complexity index is 570. The monoisotopic (exact) mass is 346 g/mol. The van der Waals surface area contributed by atoms with Crippen LogP contribution in [-0.2, 0) is 10.9 Å². The van der Waals surface area contributed by atoms with Gasteiger partial charge in [-0.15, -0.1) is 0 Å². The van der Waals surface area contributed by atoms with Crippen LogP contribution in [0.2, 0.25) is 0 Å². The van der Waals surface area contributed by atoms with Gasteiger partial charge >= 0.3 is 12.3 Å². The smallest absolute Gasteiger partial charge is 0.434 e. The Labute approximate surface area is 138 Å². The summed E-state index contributed by atoms with van der Waals surface area (Å²) in [4.78, 5) is 19.0. The fourth-order valence-corrected chi connectivity index (χ4v) is 2.50. The molecule has 0 aromatic carbocycles. The van der Waals surface area contributed by atoms with Crippen LogP contribution < -0.4 is 10.6 Å². The number of halogens is 3. The Balaban J connectivity index is 1.95. The SMILES string of the molecule is CC(C)(C)OC(=O)N[C@H]1CCC[C@@H]1Nc1cnc(C(F)(F)F)cn1. The minimum atomic E-state index is -4.51. The van der Waals surface area contributed by atoms with Gasteiger partial charge in [0.05, 0.1) is 18.4 Å². The quantitative estimate of drug-likeness (QED) is 0.878. The zero-order chi connectivity index (χ0) is 18.0. The van der Waals surface area contributed by atoms with E-state index >= 15 is 0 Å². The molecule has 0 saturated heterocycles. The van der Waals surface area contributed by atoms with Crippen molar-refractivity contribution in [1.82, 2.24) is 15.3 Å². The largest absolute Gasteiger partial charge is 0.444 e. The molecule has 0 spiro atoms. The van der Waals surface area contributed by atoms with Crippen molar-refractivity contribution in [1.29, 1.82) is 0 Å². The highest BCUT2D eigenvalue weighted by Gasteiger charge is 2.33. The van der Waals surface area contributed by atoms with Crippen LogP contribution in [0.3, 0.4) is 0 Å². The van der Waals surface area contributed by atoms with E-state index in [1.54, 1.807) is 20.8 Å². The fraction of sp³-hybridized carbons (Fsp3) is 0.667. The molecule has 24 heavy (non-hydrogen) atoms. The summed E-state index contributed by atoms with van der Waals surface area (Å²) in [6.45, 7) is 5.32. The molecule has 0 bridgehead atoms. The van der Waals surface area contributed by atoms with E-state index < -0.39 is 23.6 Å². The van der Waals surface area contributed by atoms with E-state index in [1.165, 1.54) is 0 Å². The third-order valence-electron chi connectivity index (χ3n) is 3.49. The highest BCUT2D eigenvalue weighted by molar-refractivity contribution is 5.68. The average molecular weight is 346 g/mol. The highest BCUT2D eigenvalue weighted by atomic mass is 19.4. The van der Waals surface area contributed by atoms with E-state index in [1.807, 2.05) is 0 Å². The van der Waals surface area contributed by atoms with Gasteiger partial charge in [0.2, 0.25) is 0 Å². The number of carbonyl (C=O) groups excluding carboxylic acids is 1. The Hall–Kier alpha value is -2.06. The number of carbonyl (C=O) groups is 1. The van der Waals surface area contributed by atoms with E-state index in [4.69, 9.17) is 4.74 Å². The number of rotatable bonds is 3. The summed E-state index contributed by atoms with van der Waals surface area (Å²) in [6, 6.07) is -0.313. The van der Waals surface area contributed by atoms with Gasteiger partial charge in [0, 0.05) is 6.04 Å². The summed E-state index contributed by atoms with van der Waals surface area (Å²) in [5.74, 6) is 0.242. The van der Waals surface area contributed by atoms with E-state index in [9.17, 15) is 18.0 Å². The summed E-state index contributed by atoms with van der Waals surface area (Å²) in [6.07, 6.45) is -0.890. The molecule has 0 radical (unpaired) electrons. The van der Waals surface area contributed by atoms with Crippen molar-refractivity contribution in [2.45, 2.75) is 63.9 Å². The predicted molar refractivity (Wildman–Crippen MR) is 81.5 cm³/mol. The number of nitrogens with one attached hydrogen (secondary N) is 2. The fourth-order valence-electron chi connectivity index (χ4n) is 2.50.